The molecular weight excluding hydrogens is 460 g/mol. The molecule has 36 heavy (non-hydrogen) atoms. The van der Waals surface area contributed by atoms with Crippen molar-refractivity contribution in [2.24, 2.45) is 0 Å². The van der Waals surface area contributed by atoms with Crippen LogP contribution in [0.4, 0.5) is 11.4 Å². The Morgan fingerprint density at radius 3 is 2.17 bits per heavy atom. The Labute approximate surface area is 209 Å². The van der Waals surface area contributed by atoms with Gasteiger partial charge >= 0.3 is 0 Å². The summed E-state index contributed by atoms with van der Waals surface area (Å²) in [5.74, 6) is 0.814. The molecular formula is C28H28N2O6. The Morgan fingerprint density at radius 1 is 0.750 bits per heavy atom. The number of amides is 2. The number of benzene rings is 3. The van der Waals surface area contributed by atoms with Crippen LogP contribution >= 0.6 is 0 Å². The summed E-state index contributed by atoms with van der Waals surface area (Å²) in [6, 6.07) is 19.1. The predicted octanol–water partition coefficient (Wildman–Crippen LogP) is 6.13. The van der Waals surface area contributed by atoms with Crippen LogP contribution in [0.5, 0.6) is 17.2 Å². The number of hydrogen-bond donors (Lipinski definition) is 2. The van der Waals surface area contributed by atoms with Gasteiger partial charge in [-0.1, -0.05) is 12.1 Å². The Kier molecular flexibility index (Phi) is 7.75. The molecule has 0 unspecified atom stereocenters. The summed E-state index contributed by atoms with van der Waals surface area (Å²) in [7, 11) is 0. The van der Waals surface area contributed by atoms with Crippen molar-refractivity contribution in [3.63, 3.8) is 0 Å². The summed E-state index contributed by atoms with van der Waals surface area (Å²) < 4.78 is 22.5. The van der Waals surface area contributed by atoms with Crippen LogP contribution in [0.25, 0.3) is 11.0 Å². The molecule has 0 aliphatic heterocycles. The van der Waals surface area contributed by atoms with Crippen LogP contribution in [0.15, 0.2) is 71.1 Å². The molecule has 0 saturated carbocycles. The van der Waals surface area contributed by atoms with E-state index >= 15 is 0 Å². The number of hydrogen-bond acceptors (Lipinski definition) is 6. The maximum Gasteiger partial charge on any atom is 0.293 e. The summed E-state index contributed by atoms with van der Waals surface area (Å²) >= 11 is 0. The lowest BCUT2D eigenvalue weighted by Crippen LogP contribution is -2.17. The molecule has 4 rings (SSSR count). The fourth-order valence-electron chi connectivity index (χ4n) is 3.70. The third-order valence-corrected chi connectivity index (χ3v) is 5.27. The standard InChI is InChI=1S/C28H28N2O6/c1-4-33-20-14-12-19(13-15-20)29-28(32)26-25(21-9-7-8-10-22(21)36-26)30-27(31)18-11-16-23(34-5-2)24(17-18)35-6-3/h7-17H,4-6H2,1-3H3,(H,29,32)(H,30,31). The van der Waals surface area contributed by atoms with Crippen LogP contribution in [0.1, 0.15) is 41.7 Å². The maximum absolute atomic E-state index is 13.2. The number of nitrogens with one attached hydrogen (secondary N) is 2. The second-order valence-electron chi connectivity index (χ2n) is 7.70. The second-order valence-corrected chi connectivity index (χ2v) is 7.70. The fraction of sp³-hybridized carbons (Fsp3) is 0.214. The number of ether oxygens (including phenoxy) is 3. The molecule has 1 aromatic heterocycles. The number of para-hydroxylation sites is 1. The van der Waals surface area contributed by atoms with E-state index in [9.17, 15) is 9.59 Å². The molecule has 2 N–H and O–H groups in total. The highest BCUT2D eigenvalue weighted by atomic mass is 16.5. The predicted molar refractivity (Wildman–Crippen MR) is 139 cm³/mol. The number of rotatable bonds is 10. The first-order chi connectivity index (χ1) is 17.5. The quantitative estimate of drug-likeness (QED) is 0.278. The van der Waals surface area contributed by atoms with Crippen molar-refractivity contribution in [1.29, 1.82) is 0 Å². The third kappa shape index (κ3) is 5.43. The van der Waals surface area contributed by atoms with E-state index in [1.54, 1.807) is 60.7 Å². The molecule has 0 fully saturated rings. The van der Waals surface area contributed by atoms with Crippen molar-refractivity contribution in [2.75, 3.05) is 30.5 Å². The highest BCUT2D eigenvalue weighted by Gasteiger charge is 2.23. The van der Waals surface area contributed by atoms with Gasteiger partial charge in [0, 0.05) is 16.6 Å². The Hall–Kier alpha value is -4.46. The van der Waals surface area contributed by atoms with Gasteiger partial charge in [-0.05, 0) is 75.4 Å². The third-order valence-electron chi connectivity index (χ3n) is 5.27. The average molecular weight is 489 g/mol. The van der Waals surface area contributed by atoms with Crippen molar-refractivity contribution in [3.8, 4) is 17.2 Å². The number of furan rings is 1. The van der Waals surface area contributed by atoms with Crippen LogP contribution in [-0.2, 0) is 0 Å². The molecule has 0 bridgehead atoms. The van der Waals surface area contributed by atoms with E-state index in [0.29, 0.717) is 59.3 Å². The van der Waals surface area contributed by atoms with Gasteiger partial charge < -0.3 is 29.3 Å². The minimum atomic E-state index is -0.493. The Morgan fingerprint density at radius 2 is 1.44 bits per heavy atom. The van der Waals surface area contributed by atoms with E-state index in [0.717, 1.165) is 0 Å². The van der Waals surface area contributed by atoms with Crippen LogP contribution in [0, 0.1) is 0 Å². The van der Waals surface area contributed by atoms with Gasteiger partial charge in [-0.15, -0.1) is 0 Å². The highest BCUT2D eigenvalue weighted by Crippen LogP contribution is 2.33. The molecule has 3 aromatic carbocycles. The SMILES string of the molecule is CCOc1ccc(NC(=O)c2oc3ccccc3c2NC(=O)c2ccc(OCC)c(OCC)c2)cc1. The van der Waals surface area contributed by atoms with E-state index in [1.165, 1.54) is 0 Å². The van der Waals surface area contributed by atoms with Gasteiger partial charge in [0.25, 0.3) is 11.8 Å². The van der Waals surface area contributed by atoms with Crippen molar-refractivity contribution in [3.05, 3.63) is 78.1 Å². The van der Waals surface area contributed by atoms with Crippen molar-refractivity contribution in [1.82, 2.24) is 0 Å². The van der Waals surface area contributed by atoms with Gasteiger partial charge in [-0.2, -0.15) is 0 Å². The first-order valence-corrected chi connectivity index (χ1v) is 11.8. The summed E-state index contributed by atoms with van der Waals surface area (Å²) in [5.41, 5.74) is 1.68. The monoisotopic (exact) mass is 488 g/mol. The first-order valence-electron chi connectivity index (χ1n) is 11.8. The van der Waals surface area contributed by atoms with E-state index < -0.39 is 11.8 Å². The summed E-state index contributed by atoms with van der Waals surface area (Å²) in [5, 5.41) is 6.28. The zero-order chi connectivity index (χ0) is 25.5. The zero-order valence-corrected chi connectivity index (χ0v) is 20.4. The molecule has 0 saturated heterocycles. The topological polar surface area (TPSA) is 99.0 Å². The number of carbonyl (C=O) groups excluding carboxylic acids is 2. The Bertz CT molecular complexity index is 1360. The van der Waals surface area contributed by atoms with Crippen molar-refractivity contribution >= 4 is 34.2 Å². The molecule has 8 heteroatoms. The highest BCUT2D eigenvalue weighted by molar-refractivity contribution is 6.17. The van der Waals surface area contributed by atoms with E-state index in [2.05, 4.69) is 10.6 Å². The summed E-state index contributed by atoms with van der Waals surface area (Å²) in [6.07, 6.45) is 0. The van der Waals surface area contributed by atoms with E-state index in [-0.39, 0.29) is 11.4 Å². The maximum atomic E-state index is 13.2. The van der Waals surface area contributed by atoms with Gasteiger partial charge in [0.05, 0.1) is 19.8 Å². The molecule has 0 spiro atoms. The van der Waals surface area contributed by atoms with Gasteiger partial charge in [0.2, 0.25) is 5.76 Å². The Balaban J connectivity index is 1.62. The second kappa shape index (κ2) is 11.3. The smallest absolute Gasteiger partial charge is 0.293 e. The molecule has 4 aromatic rings. The largest absolute Gasteiger partial charge is 0.494 e. The summed E-state index contributed by atoms with van der Waals surface area (Å²) in [6.45, 7) is 7.08. The van der Waals surface area contributed by atoms with E-state index in [1.807, 2.05) is 26.8 Å². The van der Waals surface area contributed by atoms with Crippen LogP contribution in [-0.4, -0.2) is 31.6 Å². The fourth-order valence-corrected chi connectivity index (χ4v) is 3.70. The van der Waals surface area contributed by atoms with E-state index in [4.69, 9.17) is 18.6 Å². The van der Waals surface area contributed by atoms with Crippen molar-refractivity contribution in [2.45, 2.75) is 20.8 Å². The lowest BCUT2D eigenvalue weighted by atomic mass is 10.1. The van der Waals surface area contributed by atoms with Crippen LogP contribution in [0.2, 0.25) is 0 Å². The number of fused-ring (bicyclic) bond motifs is 1. The first kappa shape index (κ1) is 24.7. The van der Waals surface area contributed by atoms with Gasteiger partial charge in [0.1, 0.15) is 17.0 Å². The lowest BCUT2D eigenvalue weighted by molar-refractivity contribution is 0.0999. The van der Waals surface area contributed by atoms with Crippen LogP contribution < -0.4 is 24.8 Å². The van der Waals surface area contributed by atoms with Crippen LogP contribution in [0.3, 0.4) is 0 Å². The number of anilines is 2. The minimum Gasteiger partial charge on any atom is -0.494 e. The minimum absolute atomic E-state index is 0.00518. The average Bonchev–Trinajstić information content (AvgIpc) is 3.25. The van der Waals surface area contributed by atoms with Gasteiger partial charge in [-0.25, -0.2) is 0 Å². The molecule has 0 atom stereocenters. The molecule has 0 aliphatic rings. The van der Waals surface area contributed by atoms with Gasteiger partial charge in [0.15, 0.2) is 11.5 Å². The molecule has 186 valence electrons. The van der Waals surface area contributed by atoms with Crippen molar-refractivity contribution < 1.29 is 28.2 Å². The molecule has 0 radical (unpaired) electrons. The molecule has 1 heterocycles. The van der Waals surface area contributed by atoms with Gasteiger partial charge in [-0.3, -0.25) is 9.59 Å². The lowest BCUT2D eigenvalue weighted by Gasteiger charge is -2.13. The molecule has 0 aliphatic carbocycles. The summed E-state index contributed by atoms with van der Waals surface area (Å²) in [4.78, 5) is 26.4. The number of carbonyl (C=O) groups is 2. The zero-order valence-electron chi connectivity index (χ0n) is 20.4. The normalized spacial score (nSPS) is 10.6. The molecule has 8 nitrogen and oxygen atoms in total. The molecule has 2 amide bonds.